The van der Waals surface area contributed by atoms with E-state index < -0.39 is 11.8 Å². The molecule has 0 amide bonds. The monoisotopic (exact) mass is 266 g/mol. The average Bonchev–Trinajstić information content (AvgIpc) is 3.21. The number of hydrogen-bond acceptors (Lipinski definition) is 3. The van der Waals surface area contributed by atoms with Gasteiger partial charge in [0.15, 0.2) is 12.0 Å². The summed E-state index contributed by atoms with van der Waals surface area (Å²) in [5.41, 5.74) is 0.806. The molecule has 3 nitrogen and oxygen atoms in total. The molecule has 2 aliphatic carbocycles. The number of rotatable bonds is 3. The van der Waals surface area contributed by atoms with Gasteiger partial charge in [0.25, 0.3) is 0 Å². The third-order valence-corrected chi connectivity index (χ3v) is 5.26. The summed E-state index contributed by atoms with van der Waals surface area (Å²) < 4.78 is 25.0. The van der Waals surface area contributed by atoms with Gasteiger partial charge in [0.1, 0.15) is 5.60 Å². The van der Waals surface area contributed by atoms with Gasteiger partial charge < -0.3 is 9.47 Å². The van der Waals surface area contributed by atoms with Crippen LogP contribution in [-0.2, 0) is 14.3 Å². The zero-order valence-corrected chi connectivity index (χ0v) is 11.2. The Morgan fingerprint density at radius 3 is 2.84 bits per heavy atom. The van der Waals surface area contributed by atoms with Crippen molar-refractivity contribution in [3.05, 3.63) is 11.6 Å². The number of halogens is 1. The fourth-order valence-corrected chi connectivity index (χ4v) is 3.62. The lowest BCUT2D eigenvalue weighted by Gasteiger charge is -2.33. The Balaban J connectivity index is 1.49. The first kappa shape index (κ1) is 12.0. The first-order valence-corrected chi connectivity index (χ1v) is 7.20. The molecule has 19 heavy (non-hydrogen) atoms. The summed E-state index contributed by atoms with van der Waals surface area (Å²) in [4.78, 5) is 11.7. The second-order valence-corrected chi connectivity index (χ2v) is 6.64. The number of allylic oxidation sites excluding steroid dienone is 1. The number of carbonyl (C=O) groups excluding carboxylic acids is 1. The van der Waals surface area contributed by atoms with Gasteiger partial charge >= 0.3 is 0 Å². The number of epoxide rings is 2. The van der Waals surface area contributed by atoms with Crippen LogP contribution in [0.5, 0.6) is 0 Å². The summed E-state index contributed by atoms with van der Waals surface area (Å²) in [5, 5.41) is 0. The van der Waals surface area contributed by atoms with Crippen LogP contribution < -0.4 is 0 Å². The highest BCUT2D eigenvalue weighted by molar-refractivity contribution is 5.85. The van der Waals surface area contributed by atoms with E-state index in [9.17, 15) is 9.18 Å². The predicted molar refractivity (Wildman–Crippen MR) is 66.5 cm³/mol. The van der Waals surface area contributed by atoms with E-state index in [2.05, 4.69) is 13.0 Å². The Bertz CT molecular complexity index is 462. The van der Waals surface area contributed by atoms with E-state index in [0.29, 0.717) is 6.61 Å². The Labute approximate surface area is 112 Å². The van der Waals surface area contributed by atoms with Crippen LogP contribution in [0.3, 0.4) is 0 Å². The van der Waals surface area contributed by atoms with Crippen molar-refractivity contribution in [1.82, 2.24) is 0 Å². The summed E-state index contributed by atoms with van der Waals surface area (Å²) in [6.45, 7) is 2.64. The van der Waals surface area contributed by atoms with Crippen LogP contribution in [0.1, 0.15) is 39.0 Å². The van der Waals surface area contributed by atoms with Gasteiger partial charge in [-0.2, -0.15) is 0 Å². The summed E-state index contributed by atoms with van der Waals surface area (Å²) in [5.74, 6) is -0.246. The molecule has 0 aromatic carbocycles. The topological polar surface area (TPSA) is 42.1 Å². The minimum absolute atomic E-state index is 0.0297. The molecule has 5 unspecified atom stereocenters. The van der Waals surface area contributed by atoms with Crippen molar-refractivity contribution in [2.75, 3.05) is 6.61 Å². The van der Waals surface area contributed by atoms with Gasteiger partial charge in [0.2, 0.25) is 0 Å². The van der Waals surface area contributed by atoms with E-state index in [1.165, 1.54) is 18.4 Å². The van der Waals surface area contributed by atoms with Gasteiger partial charge in [-0.3, -0.25) is 4.79 Å². The van der Waals surface area contributed by atoms with Gasteiger partial charge in [-0.1, -0.05) is 11.6 Å². The van der Waals surface area contributed by atoms with E-state index in [-0.39, 0.29) is 36.2 Å². The predicted octanol–water partition coefficient (Wildman–Crippen LogP) is 2.34. The highest BCUT2D eigenvalue weighted by Crippen LogP contribution is 2.58. The molecule has 0 radical (unpaired) electrons. The zero-order valence-electron chi connectivity index (χ0n) is 11.2. The quantitative estimate of drug-likeness (QED) is 0.581. The second kappa shape index (κ2) is 3.67. The molecule has 104 valence electrons. The molecule has 2 aliphatic heterocycles. The molecular weight excluding hydrogens is 247 g/mol. The van der Waals surface area contributed by atoms with Gasteiger partial charge in [-0.15, -0.1) is 0 Å². The van der Waals surface area contributed by atoms with Gasteiger partial charge in [0.05, 0.1) is 18.3 Å². The first-order chi connectivity index (χ1) is 9.03. The molecule has 0 aromatic heterocycles. The standard InChI is InChI=1S/C15H19FO3/c1-14(13(19-14)5-4-9-2-3-9)12-6-11(17)10(16)7-15(12)8-18-15/h4,10,12-13H,2-3,5-8H2,1H3. The van der Waals surface area contributed by atoms with E-state index in [1.54, 1.807) is 0 Å². The fraction of sp³-hybridized carbons (Fsp3) is 0.800. The van der Waals surface area contributed by atoms with Crippen LogP contribution in [0.4, 0.5) is 4.39 Å². The number of ketones is 1. The number of carbonyl (C=O) groups is 1. The summed E-state index contributed by atoms with van der Waals surface area (Å²) in [6.07, 6.45) is 4.96. The maximum atomic E-state index is 13.6. The molecule has 4 rings (SSSR count). The first-order valence-electron chi connectivity index (χ1n) is 7.20. The highest BCUT2D eigenvalue weighted by atomic mass is 19.1. The molecular formula is C15H19FO3. The van der Waals surface area contributed by atoms with Crippen molar-refractivity contribution in [3.8, 4) is 0 Å². The van der Waals surface area contributed by atoms with Gasteiger partial charge in [0, 0.05) is 18.8 Å². The summed E-state index contributed by atoms with van der Waals surface area (Å²) in [6, 6.07) is 0. The van der Waals surface area contributed by atoms with E-state index in [0.717, 1.165) is 6.42 Å². The number of Topliss-reactive ketones (excluding diaryl/α,β-unsaturated/α-hetero) is 1. The van der Waals surface area contributed by atoms with E-state index in [1.807, 2.05) is 0 Å². The Morgan fingerprint density at radius 2 is 2.21 bits per heavy atom. The molecule has 4 aliphatic rings. The Hall–Kier alpha value is -0.740. The van der Waals surface area contributed by atoms with Crippen molar-refractivity contribution >= 4 is 5.78 Å². The smallest absolute Gasteiger partial charge is 0.167 e. The van der Waals surface area contributed by atoms with Crippen LogP contribution in [-0.4, -0.2) is 35.9 Å². The number of ether oxygens (including phenoxy) is 2. The summed E-state index contributed by atoms with van der Waals surface area (Å²) in [7, 11) is 0. The van der Waals surface area contributed by atoms with E-state index in [4.69, 9.17) is 9.47 Å². The molecule has 2 heterocycles. The minimum Gasteiger partial charge on any atom is -0.369 e. The largest absolute Gasteiger partial charge is 0.369 e. The normalized spacial score (nSPS) is 51.4. The molecule has 2 saturated heterocycles. The summed E-state index contributed by atoms with van der Waals surface area (Å²) >= 11 is 0. The lowest BCUT2D eigenvalue weighted by Crippen LogP contribution is -2.46. The lowest BCUT2D eigenvalue weighted by molar-refractivity contribution is -0.130. The van der Waals surface area contributed by atoms with Gasteiger partial charge in [-0.05, 0) is 26.2 Å². The maximum absolute atomic E-state index is 13.6. The van der Waals surface area contributed by atoms with E-state index >= 15 is 0 Å². The Morgan fingerprint density at radius 1 is 1.47 bits per heavy atom. The Kier molecular flexibility index (Phi) is 2.32. The van der Waals surface area contributed by atoms with Crippen molar-refractivity contribution in [2.45, 2.75) is 62.5 Å². The van der Waals surface area contributed by atoms with Crippen LogP contribution >= 0.6 is 0 Å². The van der Waals surface area contributed by atoms with Crippen LogP contribution in [0, 0.1) is 5.92 Å². The fourth-order valence-electron chi connectivity index (χ4n) is 3.62. The molecule has 4 fully saturated rings. The molecule has 2 saturated carbocycles. The van der Waals surface area contributed by atoms with Crippen LogP contribution in [0.2, 0.25) is 0 Å². The second-order valence-electron chi connectivity index (χ2n) is 6.64. The molecule has 1 spiro atoms. The SMILES string of the molecule is CC1(C2CC(=O)C(F)CC23CO3)OC1CC=C1CC1. The molecule has 0 N–H and O–H groups in total. The van der Waals surface area contributed by atoms with Crippen LogP contribution in [0.15, 0.2) is 11.6 Å². The highest BCUT2D eigenvalue weighted by Gasteiger charge is 2.70. The van der Waals surface area contributed by atoms with Crippen molar-refractivity contribution in [3.63, 3.8) is 0 Å². The van der Waals surface area contributed by atoms with Gasteiger partial charge in [-0.25, -0.2) is 4.39 Å². The molecule has 5 atom stereocenters. The van der Waals surface area contributed by atoms with Crippen molar-refractivity contribution in [1.29, 1.82) is 0 Å². The van der Waals surface area contributed by atoms with Crippen molar-refractivity contribution < 1.29 is 18.7 Å². The van der Waals surface area contributed by atoms with Crippen LogP contribution in [0.25, 0.3) is 0 Å². The third kappa shape index (κ3) is 1.88. The number of alkyl halides is 1. The molecule has 0 bridgehead atoms. The average molecular weight is 266 g/mol. The third-order valence-electron chi connectivity index (χ3n) is 5.26. The lowest BCUT2D eigenvalue weighted by atomic mass is 9.70. The molecule has 0 aromatic rings. The minimum atomic E-state index is -1.34. The molecule has 4 heteroatoms. The zero-order chi connectivity index (χ0) is 13.3. The maximum Gasteiger partial charge on any atom is 0.167 e. The number of hydrogen-bond donors (Lipinski definition) is 0. The van der Waals surface area contributed by atoms with Crippen molar-refractivity contribution in [2.24, 2.45) is 5.92 Å².